The highest BCUT2D eigenvalue weighted by molar-refractivity contribution is 5.83. The van der Waals surface area contributed by atoms with Crippen molar-refractivity contribution in [2.75, 3.05) is 37.6 Å². The highest BCUT2D eigenvalue weighted by Gasteiger charge is 2.37. The van der Waals surface area contributed by atoms with Crippen molar-refractivity contribution in [1.82, 2.24) is 45.0 Å². The molecule has 0 aliphatic carbocycles. The van der Waals surface area contributed by atoms with Crippen LogP contribution < -0.4 is 9.64 Å². The van der Waals surface area contributed by atoms with Crippen LogP contribution in [0.4, 0.5) is 14.6 Å². The molecule has 2 aliphatic heterocycles. The Kier molecular flexibility index (Phi) is 7.46. The van der Waals surface area contributed by atoms with Crippen molar-refractivity contribution < 1.29 is 18.3 Å². The number of aromatic nitrogens is 7. The maximum absolute atomic E-state index is 12.9. The first-order chi connectivity index (χ1) is 19.9. The van der Waals surface area contributed by atoms with E-state index >= 15 is 0 Å². The van der Waals surface area contributed by atoms with Gasteiger partial charge in [0, 0.05) is 50.2 Å². The predicted octanol–water partition coefficient (Wildman–Crippen LogP) is 2.21. The second-order valence-corrected chi connectivity index (χ2v) is 9.97. The summed E-state index contributed by atoms with van der Waals surface area (Å²) in [6, 6.07) is 11.2. The van der Waals surface area contributed by atoms with Gasteiger partial charge in [0.1, 0.15) is 18.1 Å². The quantitative estimate of drug-likeness (QED) is 0.316. The predicted molar refractivity (Wildman–Crippen MR) is 142 cm³/mol. The molecule has 0 spiro atoms. The SMILES string of the molecule is Cc1nnn(-c2ccc(C(F)F)cc2)c1COc1ccc(N2CC(=O)N3CCN(Cc4ncccn4)CC3C2)nn1. The fourth-order valence-corrected chi connectivity index (χ4v) is 5.12. The van der Waals surface area contributed by atoms with Crippen LogP contribution in [0.3, 0.4) is 0 Å². The van der Waals surface area contributed by atoms with E-state index in [9.17, 15) is 13.6 Å². The number of alkyl halides is 2. The number of carbonyl (C=O) groups excluding carboxylic acids is 1. The van der Waals surface area contributed by atoms with E-state index in [1.165, 1.54) is 12.1 Å². The van der Waals surface area contributed by atoms with Crippen LogP contribution in [0.25, 0.3) is 5.69 Å². The number of benzene rings is 1. The summed E-state index contributed by atoms with van der Waals surface area (Å²) in [7, 11) is 0. The molecule has 2 fully saturated rings. The molecule has 0 N–H and O–H groups in total. The number of nitrogens with zero attached hydrogens (tertiary/aromatic N) is 10. The van der Waals surface area contributed by atoms with Gasteiger partial charge in [0.25, 0.3) is 6.43 Å². The summed E-state index contributed by atoms with van der Waals surface area (Å²) in [6.45, 7) is 5.58. The van der Waals surface area contributed by atoms with E-state index in [4.69, 9.17) is 4.74 Å². The Hall–Kier alpha value is -4.59. The molecule has 4 aromatic rings. The molecule has 1 amide bonds. The number of piperazine rings is 2. The molecule has 12 nitrogen and oxygen atoms in total. The zero-order valence-corrected chi connectivity index (χ0v) is 22.3. The van der Waals surface area contributed by atoms with Crippen LogP contribution in [0.1, 0.15) is 29.2 Å². The maximum atomic E-state index is 12.9. The average Bonchev–Trinajstić information content (AvgIpc) is 3.36. The third-order valence-electron chi connectivity index (χ3n) is 7.28. The fourth-order valence-electron chi connectivity index (χ4n) is 5.12. The van der Waals surface area contributed by atoms with Gasteiger partial charge in [-0.1, -0.05) is 17.3 Å². The van der Waals surface area contributed by atoms with Crippen LogP contribution in [0.5, 0.6) is 5.88 Å². The first-order valence-corrected chi connectivity index (χ1v) is 13.2. The van der Waals surface area contributed by atoms with Crippen LogP contribution in [0, 0.1) is 6.92 Å². The van der Waals surface area contributed by atoms with Crippen LogP contribution in [0.15, 0.2) is 54.9 Å². The standard InChI is InChI=1S/C27H28F2N10O2/c1-18-22(39(35-32-18)20-5-3-19(4-6-20)27(28)29)17-41-25-8-7-24(33-34-25)37-14-21-13-36(11-12-38(21)26(40)16-37)15-23-30-9-2-10-31-23/h2-10,21,27H,11-17H2,1H3. The van der Waals surface area contributed by atoms with E-state index in [1.54, 1.807) is 54.3 Å². The van der Waals surface area contributed by atoms with Gasteiger partial charge in [-0.15, -0.1) is 15.3 Å². The Balaban J connectivity index is 1.09. The minimum absolute atomic E-state index is 0.0250. The van der Waals surface area contributed by atoms with Crippen molar-refractivity contribution in [3.05, 3.63) is 77.6 Å². The van der Waals surface area contributed by atoms with Crippen molar-refractivity contribution in [3.63, 3.8) is 0 Å². The summed E-state index contributed by atoms with van der Waals surface area (Å²) in [6.07, 6.45) is 0.930. The van der Waals surface area contributed by atoms with Crippen molar-refractivity contribution in [2.24, 2.45) is 0 Å². The molecule has 0 bridgehead atoms. The van der Waals surface area contributed by atoms with E-state index in [2.05, 4.69) is 35.4 Å². The summed E-state index contributed by atoms with van der Waals surface area (Å²) < 4.78 is 33.3. The number of hydrogen-bond acceptors (Lipinski definition) is 10. The van der Waals surface area contributed by atoms with Crippen LogP contribution in [-0.2, 0) is 17.9 Å². The zero-order chi connectivity index (χ0) is 28.3. The topological polar surface area (TPSA) is 118 Å². The number of aryl methyl sites for hydroxylation is 1. The number of anilines is 1. The molecule has 1 aromatic carbocycles. The smallest absolute Gasteiger partial charge is 0.263 e. The monoisotopic (exact) mass is 562 g/mol. The van der Waals surface area contributed by atoms with E-state index in [0.29, 0.717) is 48.4 Å². The zero-order valence-electron chi connectivity index (χ0n) is 22.3. The molecule has 5 heterocycles. The molecule has 6 rings (SSSR count). The minimum Gasteiger partial charge on any atom is -0.470 e. The second-order valence-electron chi connectivity index (χ2n) is 9.97. The third-order valence-corrected chi connectivity index (χ3v) is 7.28. The molecule has 3 aromatic heterocycles. The van der Waals surface area contributed by atoms with Crippen molar-refractivity contribution in [3.8, 4) is 11.6 Å². The molecule has 0 saturated carbocycles. The Morgan fingerprint density at radius 1 is 1.00 bits per heavy atom. The molecule has 41 heavy (non-hydrogen) atoms. The van der Waals surface area contributed by atoms with Gasteiger partial charge in [0.05, 0.1) is 30.5 Å². The van der Waals surface area contributed by atoms with Gasteiger partial charge in [-0.05, 0) is 31.2 Å². The van der Waals surface area contributed by atoms with Crippen molar-refractivity contribution in [1.29, 1.82) is 0 Å². The average molecular weight is 563 g/mol. The van der Waals surface area contributed by atoms with Gasteiger partial charge < -0.3 is 14.5 Å². The van der Waals surface area contributed by atoms with Gasteiger partial charge in [-0.3, -0.25) is 9.69 Å². The molecule has 212 valence electrons. The number of fused-ring (bicyclic) bond motifs is 1. The Morgan fingerprint density at radius 2 is 1.80 bits per heavy atom. The lowest BCUT2D eigenvalue weighted by Gasteiger charge is -2.47. The lowest BCUT2D eigenvalue weighted by molar-refractivity contribution is -0.136. The minimum atomic E-state index is -2.54. The third kappa shape index (κ3) is 5.82. The lowest BCUT2D eigenvalue weighted by atomic mass is 10.1. The molecule has 0 radical (unpaired) electrons. The van der Waals surface area contributed by atoms with Crippen molar-refractivity contribution in [2.45, 2.75) is 32.5 Å². The van der Waals surface area contributed by atoms with E-state index in [0.717, 1.165) is 18.9 Å². The Morgan fingerprint density at radius 3 is 2.54 bits per heavy atom. The Bertz CT molecular complexity index is 1480. The van der Waals surface area contributed by atoms with Crippen LogP contribution >= 0.6 is 0 Å². The highest BCUT2D eigenvalue weighted by Crippen LogP contribution is 2.24. The number of hydrogen-bond donors (Lipinski definition) is 0. The Labute approximate surface area is 234 Å². The number of amides is 1. The van der Waals surface area contributed by atoms with E-state index in [1.807, 2.05) is 9.80 Å². The molecule has 2 saturated heterocycles. The van der Waals surface area contributed by atoms with E-state index in [-0.39, 0.29) is 30.7 Å². The normalized spacial score (nSPS) is 17.7. The highest BCUT2D eigenvalue weighted by atomic mass is 19.3. The molecular formula is C27H28F2N10O2. The van der Waals surface area contributed by atoms with Crippen LogP contribution in [-0.4, -0.2) is 89.6 Å². The summed E-state index contributed by atoms with van der Waals surface area (Å²) in [5.41, 5.74) is 1.83. The van der Waals surface area contributed by atoms with Crippen molar-refractivity contribution >= 4 is 11.7 Å². The first kappa shape index (κ1) is 26.6. The summed E-state index contributed by atoms with van der Waals surface area (Å²) in [5, 5.41) is 16.8. The molecule has 1 unspecified atom stereocenters. The number of rotatable bonds is 8. The van der Waals surface area contributed by atoms with Gasteiger partial charge in [0.15, 0.2) is 5.82 Å². The lowest BCUT2D eigenvalue weighted by Crippen LogP contribution is -2.64. The number of carbonyl (C=O) groups is 1. The molecule has 2 aliphatic rings. The largest absolute Gasteiger partial charge is 0.470 e. The van der Waals surface area contributed by atoms with Gasteiger partial charge in [-0.25, -0.2) is 23.4 Å². The second kappa shape index (κ2) is 11.5. The molecule has 14 heteroatoms. The molecule has 1 atom stereocenters. The van der Waals surface area contributed by atoms with E-state index < -0.39 is 6.43 Å². The summed E-state index contributed by atoms with van der Waals surface area (Å²) in [4.78, 5) is 27.7. The maximum Gasteiger partial charge on any atom is 0.263 e. The van der Waals surface area contributed by atoms with Crippen LogP contribution in [0.2, 0.25) is 0 Å². The summed E-state index contributed by atoms with van der Waals surface area (Å²) in [5.74, 6) is 1.72. The number of halogens is 2. The first-order valence-electron chi connectivity index (χ1n) is 13.2. The number of ether oxygens (including phenoxy) is 1. The van der Waals surface area contributed by atoms with Gasteiger partial charge >= 0.3 is 0 Å². The van der Waals surface area contributed by atoms with Gasteiger partial charge in [-0.2, -0.15) is 0 Å². The summed E-state index contributed by atoms with van der Waals surface area (Å²) >= 11 is 0. The molecular weight excluding hydrogens is 534 g/mol. The van der Waals surface area contributed by atoms with Gasteiger partial charge in [0.2, 0.25) is 11.8 Å². The fraction of sp³-hybridized carbons (Fsp3) is 0.370.